The Labute approximate surface area is 166 Å². The van der Waals surface area contributed by atoms with E-state index in [1.807, 2.05) is 0 Å². The van der Waals surface area contributed by atoms with E-state index in [1.54, 1.807) is 19.9 Å². The first-order valence-electron chi connectivity index (χ1n) is 8.30. The summed E-state index contributed by atoms with van der Waals surface area (Å²) in [5, 5.41) is 31.5. The third kappa shape index (κ3) is 4.48. The van der Waals surface area contributed by atoms with E-state index in [9.17, 15) is 33.9 Å². The first-order valence-corrected chi connectivity index (χ1v) is 9.74. The van der Waals surface area contributed by atoms with Crippen LogP contribution < -0.4 is 4.74 Å². The van der Waals surface area contributed by atoms with Crippen molar-refractivity contribution in [3.05, 3.63) is 62.2 Å². The van der Waals surface area contributed by atoms with Gasteiger partial charge in [0.15, 0.2) is 0 Å². The molecule has 0 aliphatic carbocycles. The molecule has 2 aromatic rings. The molecule has 0 atom stereocenters. The fourth-order valence-corrected chi connectivity index (χ4v) is 4.00. The third-order valence-electron chi connectivity index (χ3n) is 3.98. The summed E-state index contributed by atoms with van der Waals surface area (Å²) in [6.07, 6.45) is 0. The van der Waals surface area contributed by atoms with Gasteiger partial charge in [0, 0.05) is 31.3 Å². The minimum atomic E-state index is -3.93. The molecular weight excluding hydrogens is 404 g/mol. The zero-order valence-electron chi connectivity index (χ0n) is 15.4. The Balaban J connectivity index is 2.52. The van der Waals surface area contributed by atoms with Gasteiger partial charge in [-0.25, -0.2) is 8.42 Å². The minimum absolute atomic E-state index is 0.138. The molecule has 0 aliphatic rings. The molecule has 2 rings (SSSR count). The van der Waals surface area contributed by atoms with Crippen LogP contribution in [0.4, 0.5) is 11.4 Å². The molecule has 0 N–H and O–H groups in total. The molecule has 0 spiro atoms. The van der Waals surface area contributed by atoms with Crippen molar-refractivity contribution < 1.29 is 23.0 Å². The predicted molar refractivity (Wildman–Crippen MR) is 101 cm³/mol. The van der Waals surface area contributed by atoms with Crippen molar-refractivity contribution in [2.45, 2.75) is 18.7 Å². The molecule has 0 bridgehead atoms. The summed E-state index contributed by atoms with van der Waals surface area (Å²) in [7, 11) is -3.93. The average molecular weight is 420 g/mol. The Bertz CT molecular complexity index is 1110. The van der Waals surface area contributed by atoms with Crippen LogP contribution in [0.1, 0.15) is 19.4 Å². The molecule has 0 radical (unpaired) electrons. The molecule has 0 unspecified atom stereocenters. The Morgan fingerprint density at radius 1 is 1.03 bits per heavy atom. The van der Waals surface area contributed by atoms with Gasteiger partial charge in [-0.15, -0.1) is 0 Å². The fourth-order valence-electron chi connectivity index (χ4n) is 2.53. The summed E-state index contributed by atoms with van der Waals surface area (Å²) in [5.74, 6) is -0.445. The number of nitrogens with zero attached hydrogens (tertiary/aromatic N) is 4. The van der Waals surface area contributed by atoms with E-state index in [4.69, 9.17) is 4.74 Å². The maximum Gasteiger partial charge on any atom is 0.312 e. The van der Waals surface area contributed by atoms with Gasteiger partial charge in [-0.2, -0.15) is 9.57 Å². The number of rotatable bonds is 8. The van der Waals surface area contributed by atoms with Crippen molar-refractivity contribution in [2.24, 2.45) is 0 Å². The highest BCUT2D eigenvalue weighted by Gasteiger charge is 2.27. The Hall–Kier alpha value is -3.56. The summed E-state index contributed by atoms with van der Waals surface area (Å²) in [5.41, 5.74) is -1.17. The van der Waals surface area contributed by atoms with E-state index in [0.29, 0.717) is 0 Å². The number of nitro benzene ring substituents is 2. The SMILES string of the molecule is CCN(CC)S(=O)(=O)c1ccc(Oc2ccc([N+](=O)[O-])cc2C#N)c([N+](=O)[O-])c1. The second kappa shape index (κ2) is 8.63. The molecule has 0 saturated heterocycles. The fraction of sp³-hybridized carbons (Fsp3) is 0.235. The highest BCUT2D eigenvalue weighted by molar-refractivity contribution is 7.89. The standard InChI is InChI=1S/C17H16N4O7S/c1-3-19(4-2)29(26,27)14-6-8-17(15(10-14)21(24)25)28-16-7-5-13(20(22)23)9-12(16)11-18/h5-10H,3-4H2,1-2H3. The molecule has 0 saturated carbocycles. The van der Waals surface area contributed by atoms with E-state index < -0.39 is 25.6 Å². The zero-order chi connectivity index (χ0) is 21.8. The molecule has 11 nitrogen and oxygen atoms in total. The lowest BCUT2D eigenvalue weighted by Gasteiger charge is -2.18. The number of benzene rings is 2. The summed E-state index contributed by atoms with van der Waals surface area (Å²) in [4.78, 5) is 20.5. The van der Waals surface area contributed by atoms with Crippen LogP contribution in [0.15, 0.2) is 41.3 Å². The third-order valence-corrected chi connectivity index (χ3v) is 6.03. The normalized spacial score (nSPS) is 11.1. The Kier molecular flexibility index (Phi) is 6.47. The summed E-state index contributed by atoms with van der Waals surface area (Å²) >= 11 is 0. The number of ether oxygens (including phenoxy) is 1. The lowest BCUT2D eigenvalue weighted by molar-refractivity contribution is -0.385. The first kappa shape index (κ1) is 21.7. The largest absolute Gasteiger partial charge is 0.449 e. The Morgan fingerprint density at radius 2 is 1.66 bits per heavy atom. The topological polar surface area (TPSA) is 157 Å². The molecule has 152 valence electrons. The molecule has 0 amide bonds. The number of sulfonamides is 1. The number of hydrogen-bond donors (Lipinski definition) is 0. The molecule has 0 aromatic heterocycles. The van der Waals surface area contributed by atoms with Crippen molar-refractivity contribution in [1.82, 2.24) is 4.31 Å². The molecule has 0 fully saturated rings. The van der Waals surface area contributed by atoms with Gasteiger partial charge in [0.25, 0.3) is 5.69 Å². The number of non-ortho nitro benzene ring substituents is 1. The van der Waals surface area contributed by atoms with E-state index in [2.05, 4.69) is 0 Å². The highest BCUT2D eigenvalue weighted by atomic mass is 32.2. The average Bonchev–Trinajstić information content (AvgIpc) is 2.68. The van der Waals surface area contributed by atoms with Crippen LogP contribution in [0.25, 0.3) is 0 Å². The summed E-state index contributed by atoms with van der Waals surface area (Å²) < 4.78 is 31.8. The van der Waals surface area contributed by atoms with E-state index in [-0.39, 0.29) is 40.7 Å². The van der Waals surface area contributed by atoms with Crippen LogP contribution in [0, 0.1) is 31.6 Å². The monoisotopic (exact) mass is 420 g/mol. The smallest absolute Gasteiger partial charge is 0.312 e. The van der Waals surface area contributed by atoms with Gasteiger partial charge in [-0.1, -0.05) is 13.8 Å². The lowest BCUT2D eigenvalue weighted by atomic mass is 10.2. The number of nitriles is 1. The van der Waals surface area contributed by atoms with E-state index in [1.165, 1.54) is 0 Å². The summed E-state index contributed by atoms with van der Waals surface area (Å²) in [6, 6.07) is 8.06. The maximum atomic E-state index is 12.6. The second-order valence-electron chi connectivity index (χ2n) is 5.63. The molecular formula is C17H16N4O7S. The maximum absolute atomic E-state index is 12.6. The Morgan fingerprint density at radius 3 is 2.17 bits per heavy atom. The van der Waals surface area contributed by atoms with E-state index in [0.717, 1.165) is 40.7 Å². The van der Waals surface area contributed by atoms with Crippen molar-refractivity contribution >= 4 is 21.4 Å². The van der Waals surface area contributed by atoms with Crippen LogP contribution in [0.3, 0.4) is 0 Å². The molecule has 0 aliphatic heterocycles. The second-order valence-corrected chi connectivity index (χ2v) is 7.57. The molecule has 2 aromatic carbocycles. The van der Waals surface area contributed by atoms with Crippen LogP contribution in [-0.2, 0) is 10.0 Å². The van der Waals surface area contributed by atoms with Crippen molar-refractivity contribution in [1.29, 1.82) is 5.26 Å². The zero-order valence-corrected chi connectivity index (χ0v) is 16.2. The molecule has 0 heterocycles. The predicted octanol–water partition coefficient (Wildman–Crippen LogP) is 3.20. The van der Waals surface area contributed by atoms with Gasteiger partial charge in [-0.3, -0.25) is 20.2 Å². The quantitative estimate of drug-likeness (QED) is 0.465. The highest BCUT2D eigenvalue weighted by Crippen LogP contribution is 2.36. The first-order chi connectivity index (χ1) is 13.6. The molecule has 29 heavy (non-hydrogen) atoms. The van der Waals surface area contributed by atoms with Gasteiger partial charge in [-0.05, 0) is 18.2 Å². The van der Waals surface area contributed by atoms with Crippen LogP contribution in [0.5, 0.6) is 11.5 Å². The van der Waals surface area contributed by atoms with Gasteiger partial charge in [0.1, 0.15) is 17.4 Å². The van der Waals surface area contributed by atoms with Gasteiger partial charge >= 0.3 is 5.69 Å². The van der Waals surface area contributed by atoms with Crippen molar-refractivity contribution in [3.63, 3.8) is 0 Å². The van der Waals surface area contributed by atoms with Crippen molar-refractivity contribution in [3.8, 4) is 17.6 Å². The number of nitro groups is 2. The number of hydrogen-bond acceptors (Lipinski definition) is 8. The van der Waals surface area contributed by atoms with Gasteiger partial charge in [0.2, 0.25) is 15.8 Å². The molecule has 12 heteroatoms. The van der Waals surface area contributed by atoms with E-state index >= 15 is 0 Å². The van der Waals surface area contributed by atoms with Crippen LogP contribution in [-0.4, -0.2) is 35.7 Å². The van der Waals surface area contributed by atoms with Crippen molar-refractivity contribution in [2.75, 3.05) is 13.1 Å². The van der Waals surface area contributed by atoms with Crippen LogP contribution >= 0.6 is 0 Å². The van der Waals surface area contributed by atoms with Gasteiger partial charge in [0.05, 0.1) is 14.7 Å². The van der Waals surface area contributed by atoms with Crippen LogP contribution in [0.2, 0.25) is 0 Å². The van der Waals surface area contributed by atoms with Gasteiger partial charge < -0.3 is 4.74 Å². The lowest BCUT2D eigenvalue weighted by Crippen LogP contribution is -2.30. The summed E-state index contributed by atoms with van der Waals surface area (Å²) in [6.45, 7) is 3.67. The minimum Gasteiger partial charge on any atom is -0.449 e.